The molecule has 0 atom stereocenters. The Balaban J connectivity index is 2.25. The Morgan fingerprint density at radius 2 is 2.00 bits per heavy atom. The van der Waals surface area contributed by atoms with Crippen LogP contribution in [0, 0.1) is 12.7 Å². The summed E-state index contributed by atoms with van der Waals surface area (Å²) in [6, 6.07) is 5.84. The number of aromatic nitrogens is 1. The Bertz CT molecular complexity index is 722. The van der Waals surface area contributed by atoms with E-state index in [9.17, 15) is 19.1 Å². The van der Waals surface area contributed by atoms with Gasteiger partial charge < -0.3 is 15.0 Å². The lowest BCUT2D eigenvalue weighted by atomic mass is 10.1. The fraction of sp³-hybridized carbons (Fsp3) is 0.250. The van der Waals surface area contributed by atoms with Crippen molar-refractivity contribution in [2.75, 3.05) is 5.32 Å². The molecule has 0 unspecified atom stereocenters. The smallest absolute Gasteiger partial charge is 0.337 e. The molecule has 0 aliphatic heterocycles. The largest absolute Gasteiger partial charge is 0.478 e. The van der Waals surface area contributed by atoms with E-state index in [1.165, 1.54) is 18.2 Å². The van der Waals surface area contributed by atoms with E-state index in [0.29, 0.717) is 17.8 Å². The number of anilines is 1. The number of hydrogen-bond donors (Lipinski definition) is 2. The SMILES string of the molecule is CCn1cc(C)c(C(=O)O)c1CC(=O)Nc1ccccc1F. The van der Waals surface area contributed by atoms with Crippen LogP contribution in [0.15, 0.2) is 30.5 Å². The minimum Gasteiger partial charge on any atom is -0.478 e. The van der Waals surface area contributed by atoms with Gasteiger partial charge in [-0.15, -0.1) is 0 Å². The lowest BCUT2D eigenvalue weighted by molar-refractivity contribution is -0.115. The summed E-state index contributed by atoms with van der Waals surface area (Å²) in [4.78, 5) is 23.5. The number of carboxylic acid groups (broad SMARTS) is 1. The van der Waals surface area contributed by atoms with Gasteiger partial charge in [-0.2, -0.15) is 0 Å². The molecule has 1 amide bonds. The van der Waals surface area contributed by atoms with Crippen LogP contribution in [0.1, 0.15) is 28.5 Å². The average molecular weight is 304 g/mol. The summed E-state index contributed by atoms with van der Waals surface area (Å²) in [6.07, 6.45) is 1.58. The summed E-state index contributed by atoms with van der Waals surface area (Å²) in [5.41, 5.74) is 1.23. The van der Waals surface area contributed by atoms with E-state index in [4.69, 9.17) is 0 Å². The number of amides is 1. The molecule has 0 aliphatic carbocycles. The van der Waals surface area contributed by atoms with E-state index in [2.05, 4.69) is 5.32 Å². The predicted molar refractivity (Wildman–Crippen MR) is 80.5 cm³/mol. The van der Waals surface area contributed by atoms with Gasteiger partial charge in [0.25, 0.3) is 0 Å². The van der Waals surface area contributed by atoms with Crippen molar-refractivity contribution in [1.82, 2.24) is 4.57 Å². The Hall–Kier alpha value is -2.63. The van der Waals surface area contributed by atoms with Crippen LogP contribution >= 0.6 is 0 Å². The van der Waals surface area contributed by atoms with E-state index in [1.54, 1.807) is 23.8 Å². The number of hydrogen-bond acceptors (Lipinski definition) is 2. The first-order valence-electron chi connectivity index (χ1n) is 6.90. The zero-order valence-corrected chi connectivity index (χ0v) is 12.4. The van der Waals surface area contributed by atoms with Gasteiger partial charge in [0.05, 0.1) is 17.7 Å². The highest BCUT2D eigenvalue weighted by Gasteiger charge is 2.21. The number of aromatic carboxylic acids is 1. The summed E-state index contributed by atoms with van der Waals surface area (Å²) in [5, 5.41) is 11.8. The number of nitrogens with one attached hydrogen (secondary N) is 1. The van der Waals surface area contributed by atoms with Crippen molar-refractivity contribution in [3.63, 3.8) is 0 Å². The molecule has 5 nitrogen and oxygen atoms in total. The zero-order valence-electron chi connectivity index (χ0n) is 12.4. The number of carboxylic acids is 1. The maximum Gasteiger partial charge on any atom is 0.337 e. The number of benzene rings is 1. The van der Waals surface area contributed by atoms with Crippen LogP contribution in [0.5, 0.6) is 0 Å². The van der Waals surface area contributed by atoms with Crippen molar-refractivity contribution >= 4 is 17.6 Å². The molecule has 1 heterocycles. The molecule has 1 aromatic carbocycles. The minimum absolute atomic E-state index is 0.0794. The van der Waals surface area contributed by atoms with Crippen molar-refractivity contribution < 1.29 is 19.1 Å². The van der Waals surface area contributed by atoms with E-state index in [1.807, 2.05) is 6.92 Å². The topological polar surface area (TPSA) is 71.3 Å². The number of carbonyl (C=O) groups excluding carboxylic acids is 1. The van der Waals surface area contributed by atoms with Gasteiger partial charge in [-0.25, -0.2) is 9.18 Å². The molecular weight excluding hydrogens is 287 g/mol. The van der Waals surface area contributed by atoms with Crippen molar-refractivity contribution in [3.05, 3.63) is 53.1 Å². The molecule has 22 heavy (non-hydrogen) atoms. The molecule has 0 saturated carbocycles. The summed E-state index contributed by atoms with van der Waals surface area (Å²) < 4.78 is 15.3. The number of aryl methyl sites for hydroxylation is 2. The quantitative estimate of drug-likeness (QED) is 0.892. The number of halogens is 1. The first-order chi connectivity index (χ1) is 10.4. The van der Waals surface area contributed by atoms with Crippen LogP contribution in [-0.4, -0.2) is 21.6 Å². The summed E-state index contributed by atoms with van der Waals surface area (Å²) in [6.45, 7) is 4.10. The Labute approximate surface area is 127 Å². The lowest BCUT2D eigenvalue weighted by Crippen LogP contribution is -2.19. The molecule has 2 aromatic rings. The van der Waals surface area contributed by atoms with Crippen LogP contribution in [0.4, 0.5) is 10.1 Å². The van der Waals surface area contributed by atoms with Crippen LogP contribution in [0.25, 0.3) is 0 Å². The molecule has 0 radical (unpaired) electrons. The third-order valence-corrected chi connectivity index (χ3v) is 3.41. The third-order valence-electron chi connectivity index (χ3n) is 3.41. The Morgan fingerprint density at radius 1 is 1.32 bits per heavy atom. The fourth-order valence-corrected chi connectivity index (χ4v) is 2.42. The molecule has 1 aromatic heterocycles. The van der Waals surface area contributed by atoms with Gasteiger partial charge in [0.15, 0.2) is 0 Å². The predicted octanol–water partition coefficient (Wildman–Crippen LogP) is 2.83. The van der Waals surface area contributed by atoms with Gasteiger partial charge in [0.1, 0.15) is 5.82 Å². The number of para-hydroxylation sites is 1. The second kappa shape index (κ2) is 6.43. The van der Waals surface area contributed by atoms with Crippen molar-refractivity contribution in [2.45, 2.75) is 26.8 Å². The van der Waals surface area contributed by atoms with Gasteiger partial charge in [-0.05, 0) is 31.5 Å². The third kappa shape index (κ3) is 3.16. The first kappa shape index (κ1) is 15.8. The number of nitrogens with zero attached hydrogens (tertiary/aromatic N) is 1. The fourth-order valence-electron chi connectivity index (χ4n) is 2.42. The summed E-state index contributed by atoms with van der Waals surface area (Å²) >= 11 is 0. The Morgan fingerprint density at radius 3 is 2.59 bits per heavy atom. The average Bonchev–Trinajstić information content (AvgIpc) is 2.77. The maximum absolute atomic E-state index is 13.5. The van der Waals surface area contributed by atoms with Gasteiger partial charge in [0, 0.05) is 18.4 Å². The second-order valence-corrected chi connectivity index (χ2v) is 4.93. The lowest BCUT2D eigenvalue weighted by Gasteiger charge is -2.09. The van der Waals surface area contributed by atoms with Gasteiger partial charge in [-0.3, -0.25) is 4.79 Å². The van der Waals surface area contributed by atoms with Gasteiger partial charge >= 0.3 is 5.97 Å². The molecule has 0 aliphatic rings. The number of carbonyl (C=O) groups is 2. The molecular formula is C16H17FN2O3. The molecule has 0 saturated heterocycles. The van der Waals surface area contributed by atoms with Crippen molar-refractivity contribution in [3.8, 4) is 0 Å². The van der Waals surface area contributed by atoms with E-state index >= 15 is 0 Å². The zero-order chi connectivity index (χ0) is 16.3. The highest BCUT2D eigenvalue weighted by molar-refractivity contribution is 5.96. The highest BCUT2D eigenvalue weighted by Crippen LogP contribution is 2.19. The molecule has 6 heteroatoms. The summed E-state index contributed by atoms with van der Waals surface area (Å²) in [7, 11) is 0. The monoisotopic (exact) mass is 304 g/mol. The van der Waals surface area contributed by atoms with E-state index in [-0.39, 0.29) is 17.7 Å². The molecule has 0 fully saturated rings. The van der Waals surface area contributed by atoms with Crippen LogP contribution in [0.2, 0.25) is 0 Å². The highest BCUT2D eigenvalue weighted by atomic mass is 19.1. The second-order valence-electron chi connectivity index (χ2n) is 4.93. The Kier molecular flexibility index (Phi) is 4.60. The molecule has 0 spiro atoms. The molecule has 2 N–H and O–H groups in total. The number of rotatable bonds is 5. The molecule has 2 rings (SSSR count). The minimum atomic E-state index is -1.07. The summed E-state index contributed by atoms with van der Waals surface area (Å²) in [5.74, 6) is -2.06. The van der Waals surface area contributed by atoms with E-state index in [0.717, 1.165) is 0 Å². The van der Waals surface area contributed by atoms with Crippen LogP contribution < -0.4 is 5.32 Å². The first-order valence-corrected chi connectivity index (χ1v) is 6.90. The molecule has 0 bridgehead atoms. The standard InChI is InChI=1S/C16H17FN2O3/c1-3-19-9-10(2)15(16(21)22)13(19)8-14(20)18-12-7-5-4-6-11(12)17/h4-7,9H,3,8H2,1-2H3,(H,18,20)(H,21,22). The van der Waals surface area contributed by atoms with Crippen LogP contribution in [-0.2, 0) is 17.8 Å². The van der Waals surface area contributed by atoms with E-state index < -0.39 is 17.7 Å². The van der Waals surface area contributed by atoms with Crippen molar-refractivity contribution in [1.29, 1.82) is 0 Å². The van der Waals surface area contributed by atoms with Gasteiger partial charge in [-0.1, -0.05) is 12.1 Å². The van der Waals surface area contributed by atoms with Crippen LogP contribution in [0.3, 0.4) is 0 Å². The molecule has 116 valence electrons. The van der Waals surface area contributed by atoms with Gasteiger partial charge in [0.2, 0.25) is 5.91 Å². The maximum atomic E-state index is 13.5. The normalized spacial score (nSPS) is 10.5. The van der Waals surface area contributed by atoms with Crippen molar-refractivity contribution in [2.24, 2.45) is 0 Å².